The zero-order valence-corrected chi connectivity index (χ0v) is 15.0. The fourth-order valence-corrected chi connectivity index (χ4v) is 3.08. The van der Waals surface area contributed by atoms with E-state index in [1.807, 2.05) is 26.8 Å². The van der Waals surface area contributed by atoms with Crippen molar-refractivity contribution in [2.45, 2.75) is 46.6 Å². The van der Waals surface area contributed by atoms with E-state index >= 15 is 0 Å². The van der Waals surface area contributed by atoms with Gasteiger partial charge in [0, 0.05) is 11.1 Å². The molecule has 0 aliphatic heterocycles. The van der Waals surface area contributed by atoms with E-state index in [0.29, 0.717) is 17.5 Å². The van der Waals surface area contributed by atoms with Gasteiger partial charge in [0.15, 0.2) is 0 Å². The van der Waals surface area contributed by atoms with Crippen molar-refractivity contribution in [2.24, 2.45) is 0 Å². The van der Waals surface area contributed by atoms with Gasteiger partial charge in [0.05, 0.1) is 6.61 Å². The van der Waals surface area contributed by atoms with Gasteiger partial charge in [-0.15, -0.1) is 0 Å². The minimum absolute atomic E-state index is 0.144. The number of aryl methyl sites for hydroxylation is 1. The lowest BCUT2D eigenvalue weighted by Crippen LogP contribution is -2.00. The van der Waals surface area contributed by atoms with Crippen molar-refractivity contribution in [3.63, 3.8) is 0 Å². The third kappa shape index (κ3) is 4.54. The fourth-order valence-electron chi connectivity index (χ4n) is 3.08. The number of aliphatic hydroxyl groups is 1. The van der Waals surface area contributed by atoms with Crippen molar-refractivity contribution >= 4 is 0 Å². The highest BCUT2D eigenvalue weighted by molar-refractivity contribution is 5.48. The number of aromatic hydroxyl groups is 3. The van der Waals surface area contributed by atoms with Crippen LogP contribution in [0.3, 0.4) is 0 Å². The number of aliphatic hydroxyl groups excluding tert-OH is 1. The number of rotatable bonds is 6. The summed E-state index contributed by atoms with van der Waals surface area (Å²) in [4.78, 5) is 0. The van der Waals surface area contributed by atoms with Crippen molar-refractivity contribution in [2.75, 3.05) is 0 Å². The standard InChI is InChI=1S/C21H26O4/c1-13(4-6-16-11-17(23)7-9-20(16)24)5-8-18-14(2)10-21(25)19(12-22)15(18)3/h4,7,9-11,22-25H,5-6,8,12H2,1-3H3/b13-4+. The monoisotopic (exact) mass is 342 g/mol. The van der Waals surface area contributed by atoms with Crippen LogP contribution in [0.15, 0.2) is 35.9 Å². The summed E-state index contributed by atoms with van der Waals surface area (Å²) in [5.74, 6) is 0.471. The van der Waals surface area contributed by atoms with Crippen LogP contribution in [0.2, 0.25) is 0 Å². The molecule has 0 amide bonds. The second-order valence-corrected chi connectivity index (χ2v) is 6.52. The topological polar surface area (TPSA) is 80.9 Å². The van der Waals surface area contributed by atoms with Gasteiger partial charge in [-0.05, 0) is 81.0 Å². The first-order chi connectivity index (χ1) is 11.8. The minimum atomic E-state index is -0.170. The summed E-state index contributed by atoms with van der Waals surface area (Å²) in [6.45, 7) is 5.76. The van der Waals surface area contributed by atoms with Gasteiger partial charge in [0.25, 0.3) is 0 Å². The van der Waals surface area contributed by atoms with E-state index in [2.05, 4.69) is 0 Å². The van der Waals surface area contributed by atoms with Crippen LogP contribution < -0.4 is 0 Å². The van der Waals surface area contributed by atoms with E-state index in [9.17, 15) is 20.4 Å². The summed E-state index contributed by atoms with van der Waals surface area (Å²) in [7, 11) is 0. The van der Waals surface area contributed by atoms with Gasteiger partial charge in [0.2, 0.25) is 0 Å². The molecule has 134 valence electrons. The molecule has 0 radical (unpaired) electrons. The van der Waals surface area contributed by atoms with E-state index in [1.54, 1.807) is 12.1 Å². The van der Waals surface area contributed by atoms with Crippen LogP contribution in [-0.4, -0.2) is 20.4 Å². The maximum Gasteiger partial charge on any atom is 0.121 e. The van der Waals surface area contributed by atoms with Gasteiger partial charge < -0.3 is 20.4 Å². The summed E-state index contributed by atoms with van der Waals surface area (Å²) in [6, 6.07) is 6.23. The molecule has 0 saturated carbocycles. The Bertz CT molecular complexity index is 791. The number of benzene rings is 2. The molecule has 4 N–H and O–H groups in total. The number of phenols is 3. The lowest BCUT2D eigenvalue weighted by Gasteiger charge is -2.15. The Morgan fingerprint density at radius 1 is 1.00 bits per heavy atom. The maximum atomic E-state index is 9.92. The van der Waals surface area contributed by atoms with Crippen molar-refractivity contribution < 1.29 is 20.4 Å². The molecular weight excluding hydrogens is 316 g/mol. The average Bonchev–Trinajstić information content (AvgIpc) is 2.55. The Morgan fingerprint density at radius 2 is 1.72 bits per heavy atom. The molecule has 4 nitrogen and oxygen atoms in total. The minimum Gasteiger partial charge on any atom is -0.508 e. The van der Waals surface area contributed by atoms with Gasteiger partial charge in [-0.1, -0.05) is 11.6 Å². The Kier molecular flexibility index (Phi) is 6.10. The molecule has 2 aromatic rings. The molecule has 4 heteroatoms. The molecule has 0 spiro atoms. The first-order valence-electron chi connectivity index (χ1n) is 8.41. The summed E-state index contributed by atoms with van der Waals surface area (Å²) < 4.78 is 0. The number of hydrogen-bond donors (Lipinski definition) is 4. The van der Waals surface area contributed by atoms with Crippen molar-refractivity contribution in [3.05, 3.63) is 63.7 Å². The van der Waals surface area contributed by atoms with Gasteiger partial charge in [0.1, 0.15) is 17.2 Å². The molecule has 0 aliphatic rings. The Morgan fingerprint density at radius 3 is 2.40 bits per heavy atom. The lowest BCUT2D eigenvalue weighted by molar-refractivity contribution is 0.274. The van der Waals surface area contributed by atoms with Crippen LogP contribution in [0.5, 0.6) is 17.2 Å². The average molecular weight is 342 g/mol. The molecule has 0 aromatic heterocycles. The van der Waals surface area contributed by atoms with Crippen molar-refractivity contribution in [1.29, 1.82) is 0 Å². The van der Waals surface area contributed by atoms with Crippen LogP contribution in [0.25, 0.3) is 0 Å². The maximum absolute atomic E-state index is 9.92. The SMILES string of the molecule is C/C(=C\Cc1cc(O)ccc1O)CCc1c(C)cc(O)c(CO)c1C. The van der Waals surface area contributed by atoms with Crippen molar-refractivity contribution in [3.8, 4) is 17.2 Å². The van der Waals surface area contributed by atoms with Gasteiger partial charge >= 0.3 is 0 Å². The van der Waals surface area contributed by atoms with E-state index in [-0.39, 0.29) is 23.9 Å². The highest BCUT2D eigenvalue weighted by atomic mass is 16.3. The largest absolute Gasteiger partial charge is 0.508 e. The van der Waals surface area contributed by atoms with E-state index in [0.717, 1.165) is 29.5 Å². The summed E-state index contributed by atoms with van der Waals surface area (Å²) in [5.41, 5.74) is 5.57. The first-order valence-corrected chi connectivity index (χ1v) is 8.41. The summed E-state index contributed by atoms with van der Waals surface area (Å²) in [6.07, 6.45) is 4.27. The molecule has 25 heavy (non-hydrogen) atoms. The third-order valence-electron chi connectivity index (χ3n) is 4.70. The second kappa shape index (κ2) is 8.08. The predicted molar refractivity (Wildman–Crippen MR) is 99.1 cm³/mol. The molecule has 2 aromatic carbocycles. The highest BCUT2D eigenvalue weighted by Gasteiger charge is 2.12. The van der Waals surface area contributed by atoms with E-state index in [4.69, 9.17) is 0 Å². The van der Waals surface area contributed by atoms with Crippen LogP contribution in [0.4, 0.5) is 0 Å². The van der Waals surface area contributed by atoms with E-state index in [1.165, 1.54) is 17.7 Å². The zero-order chi connectivity index (χ0) is 18.6. The molecule has 0 bridgehead atoms. The second-order valence-electron chi connectivity index (χ2n) is 6.52. The van der Waals surface area contributed by atoms with Crippen LogP contribution in [0.1, 0.15) is 41.2 Å². The van der Waals surface area contributed by atoms with Gasteiger partial charge in [-0.3, -0.25) is 0 Å². The lowest BCUT2D eigenvalue weighted by atomic mass is 9.92. The third-order valence-corrected chi connectivity index (χ3v) is 4.70. The highest BCUT2D eigenvalue weighted by Crippen LogP contribution is 2.29. The molecule has 0 aliphatic carbocycles. The quantitative estimate of drug-likeness (QED) is 0.472. The van der Waals surface area contributed by atoms with E-state index < -0.39 is 0 Å². The smallest absolute Gasteiger partial charge is 0.121 e. The molecule has 0 atom stereocenters. The first kappa shape index (κ1) is 18.9. The molecule has 0 fully saturated rings. The number of hydrogen-bond acceptors (Lipinski definition) is 4. The van der Waals surface area contributed by atoms with Gasteiger partial charge in [-0.2, -0.15) is 0 Å². The van der Waals surface area contributed by atoms with Crippen molar-refractivity contribution in [1.82, 2.24) is 0 Å². The number of allylic oxidation sites excluding steroid dienone is 2. The van der Waals surface area contributed by atoms with Crippen LogP contribution in [0, 0.1) is 13.8 Å². The Hall–Kier alpha value is -2.46. The van der Waals surface area contributed by atoms with Crippen LogP contribution in [-0.2, 0) is 19.4 Å². The fraction of sp³-hybridized carbons (Fsp3) is 0.333. The number of phenolic OH excluding ortho intramolecular Hbond substituents is 2. The molecule has 0 unspecified atom stereocenters. The normalized spacial score (nSPS) is 11.8. The summed E-state index contributed by atoms with van der Waals surface area (Å²) in [5, 5.41) is 38.7. The summed E-state index contributed by atoms with van der Waals surface area (Å²) >= 11 is 0. The molecule has 0 heterocycles. The predicted octanol–water partition coefficient (Wildman–Crippen LogP) is 4.03. The molecular formula is C21H26O4. The molecule has 0 saturated heterocycles. The Balaban J connectivity index is 2.09. The van der Waals surface area contributed by atoms with Gasteiger partial charge in [-0.25, -0.2) is 0 Å². The zero-order valence-electron chi connectivity index (χ0n) is 15.0. The van der Waals surface area contributed by atoms with Crippen LogP contribution >= 0.6 is 0 Å². The Labute approximate surface area is 148 Å². The molecule has 2 rings (SSSR count).